The Balaban J connectivity index is 3.72. The van der Waals surface area contributed by atoms with E-state index in [0.29, 0.717) is 0 Å². The van der Waals surface area contributed by atoms with E-state index in [1.54, 1.807) is 0 Å². The summed E-state index contributed by atoms with van der Waals surface area (Å²) < 4.78 is 0. The lowest BCUT2D eigenvalue weighted by Crippen LogP contribution is -2.15. The van der Waals surface area contributed by atoms with Crippen molar-refractivity contribution in [2.24, 2.45) is 0 Å². The molecule has 0 atom stereocenters. The first-order chi connectivity index (χ1) is 3.06. The Morgan fingerprint density at radius 3 is 1.71 bits per heavy atom. The molecule has 0 unspecified atom stereocenters. The summed E-state index contributed by atoms with van der Waals surface area (Å²) in [5.74, 6) is 2.67. The standard InChI is InChI=1S/C6H11Si/c1-5-6-7(2,3)4/h1H2,2-4H3/q-1. The minimum absolute atomic E-state index is 1.08. The van der Waals surface area contributed by atoms with Gasteiger partial charge >= 0.3 is 0 Å². The molecule has 7 heavy (non-hydrogen) atoms. The van der Waals surface area contributed by atoms with Crippen LogP contribution in [-0.4, -0.2) is 8.07 Å². The molecule has 0 nitrogen and oxygen atoms in total. The summed E-state index contributed by atoms with van der Waals surface area (Å²) in [6.45, 7) is 10.0. The van der Waals surface area contributed by atoms with Crippen LogP contribution >= 0.6 is 0 Å². The molecule has 0 saturated heterocycles. The molecule has 0 radical (unpaired) electrons. The van der Waals surface area contributed by atoms with Crippen molar-refractivity contribution < 1.29 is 0 Å². The van der Waals surface area contributed by atoms with Crippen LogP contribution in [0.4, 0.5) is 0 Å². The van der Waals surface area contributed by atoms with Crippen molar-refractivity contribution in [3.8, 4) is 11.5 Å². The molecule has 0 aliphatic rings. The van der Waals surface area contributed by atoms with Crippen molar-refractivity contribution in [2.75, 3.05) is 0 Å². The van der Waals surface area contributed by atoms with Gasteiger partial charge in [-0.05, 0) is 0 Å². The van der Waals surface area contributed by atoms with Gasteiger partial charge in [-0.1, -0.05) is 19.6 Å². The monoisotopic (exact) mass is 111 g/mol. The molecular weight excluding hydrogens is 100 g/mol. The van der Waals surface area contributed by atoms with Gasteiger partial charge in [0.05, 0.1) is 0 Å². The van der Waals surface area contributed by atoms with Crippen LogP contribution in [0.15, 0.2) is 0 Å². The average Bonchev–Trinajstić information content (AvgIpc) is 1.30. The lowest BCUT2D eigenvalue weighted by atomic mass is 10.8. The van der Waals surface area contributed by atoms with Crippen LogP contribution in [0.1, 0.15) is 0 Å². The second kappa shape index (κ2) is 2.09. The van der Waals surface area contributed by atoms with Crippen LogP contribution in [-0.2, 0) is 0 Å². The van der Waals surface area contributed by atoms with Gasteiger partial charge in [0.1, 0.15) is 0 Å². The fourth-order valence-electron chi connectivity index (χ4n) is 0.265. The largest absolute Gasteiger partial charge is 0.333 e. The van der Waals surface area contributed by atoms with Crippen molar-refractivity contribution in [1.29, 1.82) is 0 Å². The summed E-state index contributed by atoms with van der Waals surface area (Å²) in [5.41, 5.74) is 3.06. The topological polar surface area (TPSA) is 0 Å². The lowest BCUT2D eigenvalue weighted by Gasteiger charge is -2.11. The zero-order valence-corrected chi connectivity index (χ0v) is 6.21. The molecule has 0 aromatic heterocycles. The SMILES string of the molecule is [CH2-]C#C[Si](C)(C)C. The molecule has 0 amide bonds. The molecule has 0 spiro atoms. The Labute approximate surface area is 46.9 Å². The summed E-state index contributed by atoms with van der Waals surface area (Å²) >= 11 is 0. The van der Waals surface area contributed by atoms with Gasteiger partial charge in [-0.3, -0.25) is 5.92 Å². The van der Waals surface area contributed by atoms with Crippen LogP contribution in [0.5, 0.6) is 0 Å². The number of rotatable bonds is 0. The zero-order valence-electron chi connectivity index (χ0n) is 5.21. The van der Waals surface area contributed by atoms with E-state index in [9.17, 15) is 0 Å². The van der Waals surface area contributed by atoms with Gasteiger partial charge in [-0.2, -0.15) is 6.92 Å². The molecule has 0 aromatic rings. The van der Waals surface area contributed by atoms with Crippen LogP contribution in [0.2, 0.25) is 19.6 Å². The van der Waals surface area contributed by atoms with Gasteiger partial charge in [-0.25, -0.2) is 0 Å². The van der Waals surface area contributed by atoms with Gasteiger partial charge < -0.3 is 5.54 Å². The summed E-state index contributed by atoms with van der Waals surface area (Å²) in [6.07, 6.45) is 0. The Kier molecular flexibility index (Phi) is 1.98. The van der Waals surface area contributed by atoms with E-state index >= 15 is 0 Å². The van der Waals surface area contributed by atoms with Crippen LogP contribution < -0.4 is 0 Å². The fourth-order valence-corrected chi connectivity index (χ4v) is 0.795. The number of hydrogen-bond donors (Lipinski definition) is 0. The minimum Gasteiger partial charge on any atom is -0.333 e. The van der Waals surface area contributed by atoms with Crippen molar-refractivity contribution in [3.63, 3.8) is 0 Å². The van der Waals surface area contributed by atoms with Gasteiger partial charge in [0.15, 0.2) is 0 Å². The third kappa shape index (κ3) is 5.65. The highest BCUT2D eigenvalue weighted by molar-refractivity contribution is 6.83. The predicted molar refractivity (Wildman–Crippen MR) is 36.5 cm³/mol. The molecule has 0 rings (SSSR count). The first-order valence-corrected chi connectivity index (χ1v) is 5.85. The van der Waals surface area contributed by atoms with Gasteiger partial charge in [0, 0.05) is 8.07 Å². The molecule has 0 heterocycles. The Bertz CT molecular complexity index is 97.6. The normalized spacial score (nSPS) is 9.57. The smallest absolute Gasteiger partial charge is 0.0120 e. The first-order valence-electron chi connectivity index (χ1n) is 2.35. The summed E-state index contributed by atoms with van der Waals surface area (Å²) in [4.78, 5) is 0. The minimum atomic E-state index is -1.08. The van der Waals surface area contributed by atoms with Crippen molar-refractivity contribution in [1.82, 2.24) is 0 Å². The van der Waals surface area contributed by atoms with E-state index in [4.69, 9.17) is 0 Å². The van der Waals surface area contributed by atoms with E-state index in [-0.39, 0.29) is 0 Å². The molecule has 40 valence electrons. The average molecular weight is 111 g/mol. The van der Waals surface area contributed by atoms with Crippen LogP contribution in [0.25, 0.3) is 0 Å². The van der Waals surface area contributed by atoms with E-state index in [1.807, 2.05) is 0 Å². The van der Waals surface area contributed by atoms with Crippen LogP contribution in [0, 0.1) is 18.4 Å². The third-order valence-corrected chi connectivity index (χ3v) is 1.39. The molecule has 0 N–H and O–H groups in total. The molecule has 0 aliphatic heterocycles. The second-order valence-electron chi connectivity index (χ2n) is 2.55. The van der Waals surface area contributed by atoms with Crippen LogP contribution in [0.3, 0.4) is 0 Å². The van der Waals surface area contributed by atoms with Crippen molar-refractivity contribution in [2.45, 2.75) is 19.6 Å². The lowest BCUT2D eigenvalue weighted by molar-refractivity contribution is 1.81. The second-order valence-corrected chi connectivity index (χ2v) is 7.30. The summed E-state index contributed by atoms with van der Waals surface area (Å²) in [7, 11) is -1.08. The van der Waals surface area contributed by atoms with Gasteiger partial charge in [0.2, 0.25) is 0 Å². The Morgan fingerprint density at radius 2 is 1.71 bits per heavy atom. The highest BCUT2D eigenvalue weighted by Gasteiger charge is 1.96. The molecule has 0 saturated carbocycles. The third-order valence-electron chi connectivity index (χ3n) is 0.463. The molecule has 0 bridgehead atoms. The fraction of sp³-hybridized carbons (Fsp3) is 0.500. The zero-order chi connectivity index (χ0) is 5.91. The maximum absolute atomic E-state index is 3.44. The molecule has 0 aliphatic carbocycles. The molecule has 1 heteroatoms. The quantitative estimate of drug-likeness (QED) is 0.253. The van der Waals surface area contributed by atoms with E-state index in [1.165, 1.54) is 0 Å². The molecule has 0 aromatic carbocycles. The number of hydrogen-bond acceptors (Lipinski definition) is 0. The van der Waals surface area contributed by atoms with E-state index in [2.05, 4.69) is 38.0 Å². The first kappa shape index (κ1) is 6.65. The maximum Gasteiger partial charge on any atom is 0.0120 e. The summed E-state index contributed by atoms with van der Waals surface area (Å²) in [6, 6.07) is 0. The Hall–Kier alpha value is -0.353. The highest BCUT2D eigenvalue weighted by Crippen LogP contribution is 1.95. The van der Waals surface area contributed by atoms with Crippen molar-refractivity contribution in [3.05, 3.63) is 6.92 Å². The van der Waals surface area contributed by atoms with Gasteiger partial charge in [0.25, 0.3) is 0 Å². The van der Waals surface area contributed by atoms with Crippen molar-refractivity contribution >= 4 is 8.07 Å². The molecule has 0 fully saturated rings. The predicted octanol–water partition coefficient (Wildman–Crippen LogP) is 1.70. The Morgan fingerprint density at radius 1 is 1.29 bits per heavy atom. The summed E-state index contributed by atoms with van der Waals surface area (Å²) in [5, 5.41) is 0. The van der Waals surface area contributed by atoms with Gasteiger partial charge in [-0.15, -0.1) is 0 Å². The van der Waals surface area contributed by atoms with E-state index < -0.39 is 8.07 Å². The maximum atomic E-state index is 3.44. The highest BCUT2D eigenvalue weighted by atomic mass is 28.3. The van der Waals surface area contributed by atoms with E-state index in [0.717, 1.165) is 0 Å². The molecular formula is C6H11Si-.